The zero-order valence-corrected chi connectivity index (χ0v) is 8.92. The molecule has 2 rings (SSSR count). The summed E-state index contributed by atoms with van der Waals surface area (Å²) in [6.07, 6.45) is 0.968. The lowest BCUT2D eigenvalue weighted by Crippen LogP contribution is -2.10. The topological polar surface area (TPSA) is 12.0 Å². The number of hydrogen-bond acceptors (Lipinski definition) is 2. The smallest absolute Gasteiger partial charge is 0.0478 e. The van der Waals surface area contributed by atoms with Gasteiger partial charge >= 0.3 is 0 Å². The van der Waals surface area contributed by atoms with E-state index < -0.39 is 0 Å². The number of nitrogens with one attached hydrogen (secondary N) is 1. The summed E-state index contributed by atoms with van der Waals surface area (Å²) >= 11 is 7.62. The lowest BCUT2D eigenvalue weighted by atomic mass is 10.1. The summed E-state index contributed by atoms with van der Waals surface area (Å²) in [6.45, 7) is 1.08. The fourth-order valence-electron chi connectivity index (χ4n) is 1.44. The van der Waals surface area contributed by atoms with Crippen LogP contribution in [0, 0.1) is 0 Å². The molecule has 0 aliphatic carbocycles. The Morgan fingerprint density at radius 3 is 3.23 bits per heavy atom. The van der Waals surface area contributed by atoms with Crippen molar-refractivity contribution in [1.29, 1.82) is 0 Å². The van der Waals surface area contributed by atoms with Crippen molar-refractivity contribution in [1.82, 2.24) is 0 Å². The van der Waals surface area contributed by atoms with Crippen molar-refractivity contribution in [2.45, 2.75) is 11.3 Å². The number of hydrogen-bond donors (Lipinski definition) is 1. The predicted octanol–water partition coefficient (Wildman–Crippen LogP) is 2.99. The fraction of sp³-hybridized carbons (Fsp3) is 0.400. The Morgan fingerprint density at radius 2 is 2.38 bits per heavy atom. The second-order valence-electron chi connectivity index (χ2n) is 3.04. The van der Waals surface area contributed by atoms with Crippen LogP contribution in [0.15, 0.2) is 23.1 Å². The number of alkyl halides is 1. The van der Waals surface area contributed by atoms with Gasteiger partial charge in [0.1, 0.15) is 0 Å². The molecule has 3 heteroatoms. The van der Waals surface area contributed by atoms with Crippen molar-refractivity contribution < 1.29 is 0 Å². The fourth-order valence-corrected chi connectivity index (χ4v) is 2.62. The lowest BCUT2D eigenvalue weighted by molar-refractivity contribution is 1.11. The Labute approximate surface area is 87.9 Å². The molecule has 1 aromatic carbocycles. The van der Waals surface area contributed by atoms with E-state index in [1.54, 1.807) is 0 Å². The average Bonchev–Trinajstić information content (AvgIpc) is 2.18. The first-order chi connectivity index (χ1) is 6.40. The molecule has 70 valence electrons. The minimum atomic E-state index is 0.705. The van der Waals surface area contributed by atoms with Gasteiger partial charge in [0.05, 0.1) is 0 Å². The molecule has 0 saturated heterocycles. The van der Waals surface area contributed by atoms with E-state index in [9.17, 15) is 0 Å². The van der Waals surface area contributed by atoms with Crippen LogP contribution in [-0.4, -0.2) is 18.2 Å². The van der Waals surface area contributed by atoms with Crippen molar-refractivity contribution in [3.8, 4) is 0 Å². The first-order valence-corrected chi connectivity index (χ1v) is 5.98. The van der Waals surface area contributed by atoms with Crippen molar-refractivity contribution in [3.63, 3.8) is 0 Å². The van der Waals surface area contributed by atoms with Gasteiger partial charge in [0.25, 0.3) is 0 Å². The molecule has 0 spiro atoms. The summed E-state index contributed by atoms with van der Waals surface area (Å²) in [5, 5.41) is 3.38. The zero-order chi connectivity index (χ0) is 9.10. The second-order valence-corrected chi connectivity index (χ2v) is 4.56. The Hall–Kier alpha value is -0.340. The second kappa shape index (κ2) is 4.25. The molecule has 1 nitrogen and oxygen atoms in total. The zero-order valence-electron chi connectivity index (χ0n) is 7.35. The first-order valence-electron chi connectivity index (χ1n) is 4.46. The van der Waals surface area contributed by atoms with Gasteiger partial charge in [-0.15, -0.1) is 23.4 Å². The van der Waals surface area contributed by atoms with E-state index in [1.165, 1.54) is 16.1 Å². The van der Waals surface area contributed by atoms with E-state index in [4.69, 9.17) is 11.6 Å². The number of rotatable bonds is 2. The highest BCUT2D eigenvalue weighted by molar-refractivity contribution is 7.99. The van der Waals surface area contributed by atoms with Gasteiger partial charge in [-0.25, -0.2) is 0 Å². The molecular formula is C10H12ClNS. The summed E-state index contributed by atoms with van der Waals surface area (Å²) < 4.78 is 0. The first kappa shape index (κ1) is 9.22. The molecule has 0 bridgehead atoms. The van der Waals surface area contributed by atoms with Gasteiger partial charge in [-0.05, 0) is 24.1 Å². The molecule has 0 radical (unpaired) electrons. The molecule has 1 aliphatic heterocycles. The average molecular weight is 214 g/mol. The SMILES string of the molecule is ClCCc1ccc2c(c1)SCCN2. The summed E-state index contributed by atoms with van der Waals surface area (Å²) in [5.41, 5.74) is 2.61. The molecule has 0 fully saturated rings. The van der Waals surface area contributed by atoms with Gasteiger partial charge in [0.2, 0.25) is 0 Å². The maximum absolute atomic E-state index is 5.70. The molecule has 0 unspecified atom stereocenters. The van der Waals surface area contributed by atoms with Crippen LogP contribution in [-0.2, 0) is 6.42 Å². The molecular weight excluding hydrogens is 202 g/mol. The summed E-state index contributed by atoms with van der Waals surface area (Å²) in [7, 11) is 0. The molecule has 1 N–H and O–H groups in total. The normalized spacial score (nSPS) is 14.8. The maximum Gasteiger partial charge on any atom is 0.0478 e. The van der Waals surface area contributed by atoms with Crippen molar-refractivity contribution in [3.05, 3.63) is 23.8 Å². The van der Waals surface area contributed by atoms with Crippen LogP contribution >= 0.6 is 23.4 Å². The van der Waals surface area contributed by atoms with Crippen molar-refractivity contribution in [2.24, 2.45) is 0 Å². The van der Waals surface area contributed by atoms with Gasteiger partial charge in [0.15, 0.2) is 0 Å². The summed E-state index contributed by atoms with van der Waals surface area (Å²) in [4.78, 5) is 1.37. The van der Waals surface area contributed by atoms with E-state index in [-0.39, 0.29) is 0 Å². The van der Waals surface area contributed by atoms with Gasteiger partial charge in [0, 0.05) is 28.8 Å². The Kier molecular flexibility index (Phi) is 3.01. The van der Waals surface area contributed by atoms with Gasteiger partial charge < -0.3 is 5.32 Å². The van der Waals surface area contributed by atoms with E-state index in [0.717, 1.165) is 18.7 Å². The van der Waals surface area contributed by atoms with Crippen LogP contribution in [0.4, 0.5) is 5.69 Å². The minimum absolute atomic E-state index is 0.705. The lowest BCUT2D eigenvalue weighted by Gasteiger charge is -2.17. The maximum atomic E-state index is 5.70. The molecule has 1 aromatic rings. The van der Waals surface area contributed by atoms with Gasteiger partial charge in [-0.1, -0.05) is 6.07 Å². The third-order valence-corrected chi connectivity index (χ3v) is 3.35. The molecule has 0 atom stereocenters. The van der Waals surface area contributed by atoms with E-state index in [1.807, 2.05) is 11.8 Å². The van der Waals surface area contributed by atoms with E-state index in [0.29, 0.717) is 5.88 Å². The molecule has 0 amide bonds. The minimum Gasteiger partial charge on any atom is -0.383 e. The van der Waals surface area contributed by atoms with Crippen LogP contribution in [0.5, 0.6) is 0 Å². The highest BCUT2D eigenvalue weighted by atomic mass is 35.5. The van der Waals surface area contributed by atoms with Crippen LogP contribution in [0.2, 0.25) is 0 Å². The van der Waals surface area contributed by atoms with Gasteiger partial charge in [-0.2, -0.15) is 0 Å². The Balaban J connectivity index is 2.24. The Bertz CT molecular complexity index is 301. The van der Waals surface area contributed by atoms with Crippen molar-refractivity contribution in [2.75, 3.05) is 23.5 Å². The number of aryl methyl sites for hydroxylation is 1. The number of anilines is 1. The number of fused-ring (bicyclic) bond motifs is 1. The third-order valence-electron chi connectivity index (χ3n) is 2.10. The van der Waals surface area contributed by atoms with E-state index in [2.05, 4.69) is 23.5 Å². The number of thioether (sulfide) groups is 1. The monoisotopic (exact) mass is 213 g/mol. The standard InChI is InChI=1S/C10H12ClNS/c11-4-3-8-1-2-9-10(7-8)13-6-5-12-9/h1-2,7,12H,3-6H2. The quantitative estimate of drug-likeness (QED) is 0.759. The molecule has 1 heterocycles. The highest BCUT2D eigenvalue weighted by Gasteiger charge is 2.08. The van der Waals surface area contributed by atoms with Crippen LogP contribution < -0.4 is 5.32 Å². The van der Waals surface area contributed by atoms with Crippen molar-refractivity contribution >= 4 is 29.1 Å². The van der Waals surface area contributed by atoms with Crippen LogP contribution in [0.25, 0.3) is 0 Å². The van der Waals surface area contributed by atoms with Gasteiger partial charge in [-0.3, -0.25) is 0 Å². The third kappa shape index (κ3) is 2.12. The highest BCUT2D eigenvalue weighted by Crippen LogP contribution is 2.31. The summed E-state index contributed by atoms with van der Waals surface area (Å²) in [6, 6.07) is 6.55. The summed E-state index contributed by atoms with van der Waals surface area (Å²) in [5.74, 6) is 1.87. The molecule has 0 saturated carbocycles. The Morgan fingerprint density at radius 1 is 1.46 bits per heavy atom. The number of benzene rings is 1. The molecule has 0 aromatic heterocycles. The van der Waals surface area contributed by atoms with Crippen LogP contribution in [0.1, 0.15) is 5.56 Å². The molecule has 13 heavy (non-hydrogen) atoms. The van der Waals surface area contributed by atoms with Crippen LogP contribution in [0.3, 0.4) is 0 Å². The number of halogens is 1. The largest absolute Gasteiger partial charge is 0.383 e. The predicted molar refractivity (Wildman–Crippen MR) is 60.1 cm³/mol. The molecule has 1 aliphatic rings. The van der Waals surface area contributed by atoms with E-state index >= 15 is 0 Å².